The second kappa shape index (κ2) is 4.46. The highest BCUT2D eigenvalue weighted by Gasteiger charge is 2.28. The van der Waals surface area contributed by atoms with E-state index in [1.807, 2.05) is 43.6 Å². The maximum Gasteiger partial charge on any atom is 0.122 e. The van der Waals surface area contributed by atoms with Crippen LogP contribution in [0.25, 0.3) is 0 Å². The molecule has 2 heterocycles. The number of para-hydroxylation sites is 1. The Morgan fingerprint density at radius 1 is 1.39 bits per heavy atom. The molecule has 0 saturated heterocycles. The van der Waals surface area contributed by atoms with Crippen LogP contribution in [0.3, 0.4) is 0 Å². The third-order valence-corrected chi connectivity index (χ3v) is 3.39. The number of hydrogen-bond acceptors (Lipinski definition) is 3. The average molecular weight is 244 g/mol. The van der Waals surface area contributed by atoms with E-state index in [4.69, 9.17) is 4.74 Å². The smallest absolute Gasteiger partial charge is 0.122 e. The van der Waals surface area contributed by atoms with Crippen LogP contribution in [0.2, 0.25) is 0 Å². The molecule has 1 aromatic heterocycles. The van der Waals surface area contributed by atoms with Gasteiger partial charge in [0, 0.05) is 19.2 Å². The Hall–Kier alpha value is -1.81. The number of benzene rings is 1. The van der Waals surface area contributed by atoms with E-state index in [9.17, 15) is 5.11 Å². The van der Waals surface area contributed by atoms with Gasteiger partial charge in [-0.05, 0) is 24.1 Å². The van der Waals surface area contributed by atoms with E-state index >= 15 is 0 Å². The predicted octanol–water partition coefficient (Wildman–Crippen LogP) is 1.70. The van der Waals surface area contributed by atoms with E-state index in [0.29, 0.717) is 12.3 Å². The van der Waals surface area contributed by atoms with Crippen LogP contribution < -0.4 is 4.74 Å². The Balaban J connectivity index is 1.79. The summed E-state index contributed by atoms with van der Waals surface area (Å²) in [6.45, 7) is 0.536. The summed E-state index contributed by atoms with van der Waals surface area (Å²) in [5, 5.41) is 14.6. The minimum absolute atomic E-state index is 0.0646. The van der Waals surface area contributed by atoms with E-state index in [1.165, 1.54) is 0 Å². The van der Waals surface area contributed by atoms with E-state index in [-0.39, 0.29) is 5.92 Å². The summed E-state index contributed by atoms with van der Waals surface area (Å²) in [7, 11) is 1.85. The number of hydrogen-bond donors (Lipinski definition) is 1. The van der Waals surface area contributed by atoms with Crippen LogP contribution in [-0.4, -0.2) is 21.5 Å². The normalized spacial score (nSPS) is 20.0. The SMILES string of the molecule is Cn1ccc(C(O)C2COc3ccccc3C2)n1. The van der Waals surface area contributed by atoms with Gasteiger partial charge in [-0.3, -0.25) is 4.68 Å². The summed E-state index contributed by atoms with van der Waals surface area (Å²) in [4.78, 5) is 0. The highest BCUT2D eigenvalue weighted by atomic mass is 16.5. The fraction of sp³-hybridized carbons (Fsp3) is 0.357. The van der Waals surface area contributed by atoms with Crippen LogP contribution >= 0.6 is 0 Å². The molecule has 2 aromatic rings. The molecule has 1 aromatic carbocycles. The molecular weight excluding hydrogens is 228 g/mol. The second-order valence-electron chi connectivity index (χ2n) is 4.74. The van der Waals surface area contributed by atoms with Crippen molar-refractivity contribution in [3.8, 4) is 5.75 Å². The van der Waals surface area contributed by atoms with Crippen molar-refractivity contribution in [2.24, 2.45) is 13.0 Å². The maximum absolute atomic E-state index is 10.3. The molecule has 4 heteroatoms. The molecule has 1 aliphatic heterocycles. The molecule has 1 aliphatic rings. The van der Waals surface area contributed by atoms with Crippen LogP contribution in [0.5, 0.6) is 5.75 Å². The van der Waals surface area contributed by atoms with Gasteiger partial charge in [-0.2, -0.15) is 5.10 Å². The third kappa shape index (κ3) is 1.99. The average Bonchev–Trinajstić information content (AvgIpc) is 2.84. The quantitative estimate of drug-likeness (QED) is 0.874. The van der Waals surface area contributed by atoms with Crippen molar-refractivity contribution in [2.75, 3.05) is 6.61 Å². The highest BCUT2D eigenvalue weighted by molar-refractivity contribution is 5.35. The van der Waals surface area contributed by atoms with Crippen molar-refractivity contribution in [1.29, 1.82) is 0 Å². The fourth-order valence-electron chi connectivity index (χ4n) is 2.39. The molecule has 2 unspecified atom stereocenters. The largest absolute Gasteiger partial charge is 0.493 e. The minimum atomic E-state index is -0.570. The van der Waals surface area contributed by atoms with Crippen molar-refractivity contribution in [1.82, 2.24) is 9.78 Å². The van der Waals surface area contributed by atoms with E-state index in [0.717, 1.165) is 17.7 Å². The standard InChI is InChI=1S/C14H16N2O2/c1-16-7-6-12(15-16)14(17)11-8-10-4-2-3-5-13(10)18-9-11/h2-7,11,14,17H,8-9H2,1H3. The summed E-state index contributed by atoms with van der Waals surface area (Å²) in [6, 6.07) is 9.84. The lowest BCUT2D eigenvalue weighted by Gasteiger charge is -2.28. The zero-order valence-electron chi connectivity index (χ0n) is 10.3. The summed E-state index contributed by atoms with van der Waals surface area (Å²) < 4.78 is 7.40. The Morgan fingerprint density at radius 3 is 3.00 bits per heavy atom. The van der Waals surface area contributed by atoms with Gasteiger partial charge in [-0.1, -0.05) is 18.2 Å². The van der Waals surface area contributed by atoms with Crippen molar-refractivity contribution < 1.29 is 9.84 Å². The van der Waals surface area contributed by atoms with Crippen LogP contribution in [0.1, 0.15) is 17.4 Å². The molecule has 1 N–H and O–H groups in total. The van der Waals surface area contributed by atoms with Gasteiger partial charge >= 0.3 is 0 Å². The van der Waals surface area contributed by atoms with Gasteiger partial charge in [0.25, 0.3) is 0 Å². The highest BCUT2D eigenvalue weighted by Crippen LogP contribution is 2.32. The fourth-order valence-corrected chi connectivity index (χ4v) is 2.39. The Kier molecular flexibility index (Phi) is 2.80. The lowest BCUT2D eigenvalue weighted by atomic mass is 9.91. The number of aliphatic hydroxyl groups excluding tert-OH is 1. The first-order chi connectivity index (χ1) is 8.74. The zero-order valence-corrected chi connectivity index (χ0v) is 10.3. The molecule has 4 nitrogen and oxygen atoms in total. The first kappa shape index (κ1) is 11.3. The molecule has 0 spiro atoms. The van der Waals surface area contributed by atoms with Gasteiger partial charge in [-0.25, -0.2) is 0 Å². The van der Waals surface area contributed by atoms with Gasteiger partial charge in [0.1, 0.15) is 11.9 Å². The topological polar surface area (TPSA) is 47.3 Å². The van der Waals surface area contributed by atoms with E-state index in [1.54, 1.807) is 4.68 Å². The number of fused-ring (bicyclic) bond motifs is 1. The molecule has 0 radical (unpaired) electrons. The molecule has 18 heavy (non-hydrogen) atoms. The molecule has 3 rings (SSSR count). The molecule has 0 saturated carbocycles. The van der Waals surface area contributed by atoms with Crippen molar-refractivity contribution in [2.45, 2.75) is 12.5 Å². The van der Waals surface area contributed by atoms with Gasteiger partial charge in [0.05, 0.1) is 12.3 Å². The molecular formula is C14H16N2O2. The molecule has 94 valence electrons. The van der Waals surface area contributed by atoms with Crippen molar-refractivity contribution in [3.63, 3.8) is 0 Å². The van der Waals surface area contributed by atoms with Gasteiger partial charge in [0.15, 0.2) is 0 Å². The van der Waals surface area contributed by atoms with Crippen LogP contribution in [0.15, 0.2) is 36.5 Å². The number of aromatic nitrogens is 2. The number of rotatable bonds is 2. The number of aryl methyl sites for hydroxylation is 1. The summed E-state index contributed by atoms with van der Waals surface area (Å²) in [6.07, 6.45) is 2.10. The van der Waals surface area contributed by atoms with E-state index < -0.39 is 6.10 Å². The predicted molar refractivity (Wildman–Crippen MR) is 67.3 cm³/mol. The van der Waals surface area contributed by atoms with Crippen molar-refractivity contribution >= 4 is 0 Å². The monoisotopic (exact) mass is 244 g/mol. The Labute approximate surface area is 106 Å². The summed E-state index contributed by atoms with van der Waals surface area (Å²) in [5.74, 6) is 0.997. The molecule has 2 atom stereocenters. The van der Waals surface area contributed by atoms with Gasteiger partial charge in [-0.15, -0.1) is 0 Å². The Bertz CT molecular complexity index is 550. The lowest BCUT2D eigenvalue weighted by molar-refractivity contribution is 0.0610. The summed E-state index contributed by atoms with van der Waals surface area (Å²) in [5.41, 5.74) is 1.87. The first-order valence-corrected chi connectivity index (χ1v) is 6.12. The Morgan fingerprint density at radius 2 is 2.22 bits per heavy atom. The number of nitrogens with zero attached hydrogens (tertiary/aromatic N) is 2. The van der Waals surface area contributed by atoms with Crippen LogP contribution in [0.4, 0.5) is 0 Å². The number of ether oxygens (including phenoxy) is 1. The van der Waals surface area contributed by atoms with E-state index in [2.05, 4.69) is 5.10 Å². The maximum atomic E-state index is 10.3. The van der Waals surface area contributed by atoms with Crippen molar-refractivity contribution in [3.05, 3.63) is 47.8 Å². The second-order valence-corrected chi connectivity index (χ2v) is 4.74. The molecule has 0 bridgehead atoms. The van der Waals surface area contributed by atoms with Gasteiger partial charge in [0.2, 0.25) is 0 Å². The van der Waals surface area contributed by atoms with Crippen LogP contribution in [0, 0.1) is 5.92 Å². The molecule has 0 amide bonds. The zero-order chi connectivity index (χ0) is 12.5. The third-order valence-electron chi connectivity index (χ3n) is 3.39. The number of aliphatic hydroxyl groups is 1. The summed E-state index contributed by atoms with van der Waals surface area (Å²) >= 11 is 0. The molecule has 0 aliphatic carbocycles. The van der Waals surface area contributed by atoms with Gasteiger partial charge < -0.3 is 9.84 Å². The van der Waals surface area contributed by atoms with Crippen LogP contribution in [-0.2, 0) is 13.5 Å². The molecule has 0 fully saturated rings. The lowest BCUT2D eigenvalue weighted by Crippen LogP contribution is -2.27. The minimum Gasteiger partial charge on any atom is -0.493 e. The first-order valence-electron chi connectivity index (χ1n) is 6.12.